The van der Waals surface area contributed by atoms with Crippen molar-refractivity contribution in [3.05, 3.63) is 47.0 Å². The minimum absolute atomic E-state index is 0.0249. The third kappa shape index (κ3) is 5.05. The maximum Gasteiger partial charge on any atom is 0.244 e. The third-order valence-corrected chi connectivity index (χ3v) is 7.30. The molecule has 3 rings (SSSR count). The van der Waals surface area contributed by atoms with Crippen molar-refractivity contribution < 1.29 is 13.2 Å². The highest BCUT2D eigenvalue weighted by Gasteiger charge is 2.34. The Balaban J connectivity index is 1.58. The number of carbonyl (C=O) groups is 1. The van der Waals surface area contributed by atoms with Crippen molar-refractivity contribution in [3.63, 3.8) is 0 Å². The maximum absolute atomic E-state index is 13.0. The molecular weight excluding hydrogens is 423 g/mol. The van der Waals surface area contributed by atoms with Gasteiger partial charge in [-0.25, -0.2) is 13.4 Å². The highest BCUT2D eigenvalue weighted by molar-refractivity contribution is 7.89. The molecule has 152 valence electrons. The fourth-order valence-corrected chi connectivity index (χ4v) is 5.49. The zero-order chi connectivity index (χ0) is 20.1. The lowest BCUT2D eigenvalue weighted by Gasteiger charge is -2.31. The second kappa shape index (κ2) is 9.26. The lowest BCUT2D eigenvalue weighted by atomic mass is 9.99. The number of carbonyl (C=O) groups excluding carboxylic acids is 1. The molecule has 2 heterocycles. The van der Waals surface area contributed by atoms with Gasteiger partial charge in [0, 0.05) is 43.6 Å². The summed E-state index contributed by atoms with van der Waals surface area (Å²) < 4.78 is 29.2. The summed E-state index contributed by atoms with van der Waals surface area (Å²) >= 11 is 12.0. The molecule has 1 saturated heterocycles. The van der Waals surface area contributed by atoms with Gasteiger partial charge in [-0.15, -0.1) is 0 Å². The SMILES string of the molecule is O=C(NCCCn1ccnc1)C1CCCN(S(=O)(=O)c2cc(Cl)ccc2Cl)C1. The van der Waals surface area contributed by atoms with E-state index in [4.69, 9.17) is 23.2 Å². The Morgan fingerprint density at radius 2 is 2.14 bits per heavy atom. The van der Waals surface area contributed by atoms with E-state index in [9.17, 15) is 13.2 Å². The summed E-state index contributed by atoms with van der Waals surface area (Å²) in [6.07, 6.45) is 7.35. The first-order valence-corrected chi connectivity index (χ1v) is 11.3. The van der Waals surface area contributed by atoms with Crippen LogP contribution in [-0.2, 0) is 21.4 Å². The summed E-state index contributed by atoms with van der Waals surface area (Å²) in [5.41, 5.74) is 0. The van der Waals surface area contributed by atoms with Crippen LogP contribution in [0.1, 0.15) is 19.3 Å². The first-order valence-electron chi connectivity index (χ1n) is 9.06. The van der Waals surface area contributed by atoms with Crippen molar-refractivity contribution in [2.45, 2.75) is 30.7 Å². The van der Waals surface area contributed by atoms with Crippen molar-refractivity contribution in [1.82, 2.24) is 19.2 Å². The number of aryl methyl sites for hydroxylation is 1. The summed E-state index contributed by atoms with van der Waals surface area (Å²) in [5.74, 6) is -0.502. The van der Waals surface area contributed by atoms with E-state index < -0.39 is 10.0 Å². The molecule has 1 unspecified atom stereocenters. The Hall–Kier alpha value is -1.61. The van der Waals surface area contributed by atoms with Crippen LogP contribution in [0.2, 0.25) is 10.0 Å². The standard InChI is InChI=1S/C18H22Cl2N4O3S/c19-15-4-5-16(20)17(11-15)28(26,27)24-9-1-3-14(12-24)18(25)22-6-2-8-23-10-7-21-13-23/h4-5,7,10-11,13-14H,1-3,6,8-9,12H2,(H,22,25). The molecule has 1 N–H and O–H groups in total. The number of nitrogens with one attached hydrogen (secondary N) is 1. The molecule has 1 atom stereocenters. The Morgan fingerprint density at radius 1 is 1.32 bits per heavy atom. The van der Waals surface area contributed by atoms with Gasteiger partial charge in [0.15, 0.2) is 0 Å². The van der Waals surface area contributed by atoms with Crippen molar-refractivity contribution in [1.29, 1.82) is 0 Å². The highest BCUT2D eigenvalue weighted by Crippen LogP contribution is 2.30. The molecule has 1 aromatic heterocycles. The monoisotopic (exact) mass is 444 g/mol. The largest absolute Gasteiger partial charge is 0.356 e. The first-order chi connectivity index (χ1) is 13.4. The Morgan fingerprint density at radius 3 is 2.89 bits per heavy atom. The quantitative estimate of drug-likeness (QED) is 0.665. The van der Waals surface area contributed by atoms with Crippen LogP contribution in [0.4, 0.5) is 0 Å². The van der Waals surface area contributed by atoms with Crippen LogP contribution in [0, 0.1) is 5.92 Å². The van der Waals surface area contributed by atoms with Crippen LogP contribution in [0.25, 0.3) is 0 Å². The van der Waals surface area contributed by atoms with Gasteiger partial charge in [-0.2, -0.15) is 4.31 Å². The number of halogens is 2. The van der Waals surface area contributed by atoms with E-state index in [1.54, 1.807) is 18.6 Å². The van der Waals surface area contributed by atoms with Crippen LogP contribution < -0.4 is 5.32 Å². The number of piperidine rings is 1. The zero-order valence-electron chi connectivity index (χ0n) is 15.2. The van der Waals surface area contributed by atoms with Gasteiger partial charge >= 0.3 is 0 Å². The molecule has 0 aliphatic carbocycles. The van der Waals surface area contributed by atoms with E-state index in [-0.39, 0.29) is 28.3 Å². The molecule has 0 radical (unpaired) electrons. The number of benzene rings is 1. The molecule has 1 amide bonds. The summed E-state index contributed by atoms with van der Waals surface area (Å²) in [4.78, 5) is 16.4. The van der Waals surface area contributed by atoms with Gasteiger partial charge in [0.25, 0.3) is 0 Å². The number of imidazole rings is 1. The molecule has 0 spiro atoms. The molecule has 7 nitrogen and oxygen atoms in total. The fourth-order valence-electron chi connectivity index (χ4n) is 3.23. The molecular formula is C18H22Cl2N4O3S. The molecule has 1 aromatic carbocycles. The smallest absolute Gasteiger partial charge is 0.244 e. The van der Waals surface area contributed by atoms with Gasteiger partial charge in [-0.05, 0) is 37.5 Å². The molecule has 1 aliphatic heterocycles. The van der Waals surface area contributed by atoms with Crippen LogP contribution in [0.5, 0.6) is 0 Å². The van der Waals surface area contributed by atoms with E-state index in [1.165, 1.54) is 16.4 Å². The van der Waals surface area contributed by atoms with Gasteiger partial charge in [0.05, 0.1) is 17.3 Å². The molecule has 2 aromatic rings. The minimum Gasteiger partial charge on any atom is -0.356 e. The second-order valence-corrected chi connectivity index (χ2v) is 9.47. The van der Waals surface area contributed by atoms with Crippen LogP contribution in [-0.4, -0.2) is 47.8 Å². The summed E-state index contributed by atoms with van der Waals surface area (Å²) in [6, 6.07) is 4.35. The Bertz CT molecular complexity index is 919. The number of hydrogen-bond donors (Lipinski definition) is 1. The van der Waals surface area contributed by atoms with E-state index in [1.807, 2.05) is 10.8 Å². The number of hydrogen-bond acceptors (Lipinski definition) is 4. The average molecular weight is 445 g/mol. The number of nitrogens with zero attached hydrogens (tertiary/aromatic N) is 3. The predicted molar refractivity (Wildman–Crippen MR) is 108 cm³/mol. The van der Waals surface area contributed by atoms with Gasteiger partial charge in [-0.1, -0.05) is 23.2 Å². The molecule has 0 saturated carbocycles. The van der Waals surface area contributed by atoms with Crippen LogP contribution in [0.3, 0.4) is 0 Å². The third-order valence-electron chi connectivity index (χ3n) is 4.72. The summed E-state index contributed by atoms with van der Waals surface area (Å²) in [5, 5.41) is 3.32. The average Bonchev–Trinajstić information content (AvgIpc) is 3.20. The van der Waals surface area contributed by atoms with E-state index in [0.717, 1.165) is 13.0 Å². The second-order valence-electron chi connectivity index (χ2n) is 6.72. The molecule has 28 heavy (non-hydrogen) atoms. The molecule has 10 heteroatoms. The van der Waals surface area contributed by atoms with E-state index in [0.29, 0.717) is 31.0 Å². The number of amides is 1. The Kier molecular flexibility index (Phi) is 6.98. The maximum atomic E-state index is 13.0. The summed E-state index contributed by atoms with van der Waals surface area (Å²) in [7, 11) is -3.81. The van der Waals surface area contributed by atoms with Gasteiger partial charge in [0.1, 0.15) is 4.90 Å². The van der Waals surface area contributed by atoms with Crippen molar-refractivity contribution in [3.8, 4) is 0 Å². The Labute approximate surface area is 174 Å². The van der Waals surface area contributed by atoms with Crippen molar-refractivity contribution >= 4 is 39.1 Å². The summed E-state index contributed by atoms with van der Waals surface area (Å²) in [6.45, 7) is 1.78. The van der Waals surface area contributed by atoms with Crippen LogP contribution in [0.15, 0.2) is 41.8 Å². The number of rotatable bonds is 7. The van der Waals surface area contributed by atoms with Gasteiger partial charge in [-0.3, -0.25) is 4.79 Å². The molecule has 1 aliphatic rings. The van der Waals surface area contributed by atoms with E-state index in [2.05, 4.69) is 10.3 Å². The van der Waals surface area contributed by atoms with Gasteiger partial charge in [0.2, 0.25) is 15.9 Å². The van der Waals surface area contributed by atoms with Gasteiger partial charge < -0.3 is 9.88 Å². The highest BCUT2D eigenvalue weighted by atomic mass is 35.5. The fraction of sp³-hybridized carbons (Fsp3) is 0.444. The number of aromatic nitrogens is 2. The van der Waals surface area contributed by atoms with Crippen LogP contribution >= 0.6 is 23.2 Å². The topological polar surface area (TPSA) is 84.3 Å². The van der Waals surface area contributed by atoms with E-state index >= 15 is 0 Å². The lowest BCUT2D eigenvalue weighted by molar-refractivity contribution is -0.126. The zero-order valence-corrected chi connectivity index (χ0v) is 17.6. The molecule has 0 bridgehead atoms. The normalized spacial score (nSPS) is 18.1. The lowest BCUT2D eigenvalue weighted by Crippen LogP contribution is -2.45. The first kappa shape index (κ1) is 21.1. The minimum atomic E-state index is -3.81. The predicted octanol–water partition coefficient (Wildman–Crippen LogP) is 2.80. The van der Waals surface area contributed by atoms with Crippen molar-refractivity contribution in [2.24, 2.45) is 5.92 Å². The van der Waals surface area contributed by atoms with Crippen molar-refractivity contribution in [2.75, 3.05) is 19.6 Å². The molecule has 1 fully saturated rings. The number of sulfonamides is 1.